The Labute approximate surface area is 213 Å². The van der Waals surface area contributed by atoms with Crippen LogP contribution < -0.4 is 4.72 Å². The molecule has 4 aromatic rings. The average Bonchev–Trinajstić information content (AvgIpc) is 2.90. The van der Waals surface area contributed by atoms with Crippen molar-refractivity contribution >= 4 is 32.3 Å². The Morgan fingerprint density at radius 2 is 1.69 bits per heavy atom. The van der Waals surface area contributed by atoms with Gasteiger partial charge in [-0.05, 0) is 47.9 Å². The number of benzene rings is 3. The molecule has 36 heavy (non-hydrogen) atoms. The lowest BCUT2D eigenvalue weighted by Crippen LogP contribution is -2.44. The maximum atomic E-state index is 13.2. The van der Waals surface area contributed by atoms with Crippen molar-refractivity contribution in [2.75, 3.05) is 30.9 Å². The first-order chi connectivity index (χ1) is 17.4. The summed E-state index contributed by atoms with van der Waals surface area (Å²) >= 11 is 0. The van der Waals surface area contributed by atoms with E-state index in [9.17, 15) is 8.42 Å². The van der Waals surface area contributed by atoms with Crippen LogP contribution >= 0.6 is 0 Å². The highest BCUT2D eigenvalue weighted by Crippen LogP contribution is 2.28. The second kappa shape index (κ2) is 10.1. The van der Waals surface area contributed by atoms with Crippen LogP contribution in [-0.4, -0.2) is 49.4 Å². The molecule has 1 saturated heterocycles. The molecule has 0 amide bonds. The highest BCUT2D eigenvalue weighted by molar-refractivity contribution is 7.93. The van der Waals surface area contributed by atoms with E-state index >= 15 is 0 Å². The first-order valence-electron chi connectivity index (χ1n) is 12.1. The summed E-state index contributed by atoms with van der Waals surface area (Å²) in [6.07, 6.45) is 1.61. The lowest BCUT2D eigenvalue weighted by atomic mass is 10.1. The normalized spacial score (nSPS) is 14.6. The smallest absolute Gasteiger partial charge is 0.264 e. The molecule has 0 unspecified atom stereocenters. The molecule has 0 atom stereocenters. The fraction of sp³-hybridized carbons (Fsp3) is 0.207. The van der Waals surface area contributed by atoms with Gasteiger partial charge in [-0.15, -0.1) is 0 Å². The second-order valence-electron chi connectivity index (χ2n) is 9.16. The fourth-order valence-corrected chi connectivity index (χ4v) is 5.96. The van der Waals surface area contributed by atoms with Crippen LogP contribution in [0.1, 0.15) is 16.7 Å². The molecule has 0 aliphatic carbocycles. The number of nitrogens with one attached hydrogen (secondary N) is 1. The Bertz CT molecular complexity index is 1490. The van der Waals surface area contributed by atoms with Gasteiger partial charge in [-0.2, -0.15) is 0 Å². The van der Waals surface area contributed by atoms with Crippen LogP contribution in [0.3, 0.4) is 0 Å². The van der Waals surface area contributed by atoms with Crippen LogP contribution in [0.5, 0.6) is 0 Å². The Balaban J connectivity index is 1.26. The van der Waals surface area contributed by atoms with Gasteiger partial charge >= 0.3 is 0 Å². The van der Waals surface area contributed by atoms with Crippen molar-refractivity contribution in [1.82, 2.24) is 14.8 Å². The van der Waals surface area contributed by atoms with Gasteiger partial charge in [-0.25, -0.2) is 8.42 Å². The Morgan fingerprint density at radius 1 is 0.944 bits per heavy atom. The van der Waals surface area contributed by atoms with Crippen LogP contribution in [0.25, 0.3) is 16.6 Å². The second-order valence-corrected chi connectivity index (χ2v) is 10.8. The van der Waals surface area contributed by atoms with Gasteiger partial charge in [0.2, 0.25) is 0 Å². The molecule has 2 heterocycles. The van der Waals surface area contributed by atoms with Crippen LogP contribution in [-0.2, 0) is 16.6 Å². The van der Waals surface area contributed by atoms with Gasteiger partial charge in [0.25, 0.3) is 10.0 Å². The maximum Gasteiger partial charge on any atom is 0.264 e. The van der Waals surface area contributed by atoms with Gasteiger partial charge in [-0.3, -0.25) is 14.6 Å². The van der Waals surface area contributed by atoms with E-state index in [4.69, 9.17) is 0 Å². The lowest BCUT2D eigenvalue weighted by molar-refractivity contribution is 0.169. The number of nitrogens with zero attached hydrogens (tertiary/aromatic N) is 3. The van der Waals surface area contributed by atoms with E-state index in [1.807, 2.05) is 43.3 Å². The third-order valence-electron chi connectivity index (χ3n) is 6.69. The van der Waals surface area contributed by atoms with E-state index in [0.717, 1.165) is 54.9 Å². The summed E-state index contributed by atoms with van der Waals surface area (Å²) in [6, 6.07) is 25.1. The van der Waals surface area contributed by atoms with Gasteiger partial charge in [0, 0.05) is 50.0 Å². The van der Waals surface area contributed by atoms with E-state index in [1.165, 1.54) is 5.56 Å². The zero-order valence-corrected chi connectivity index (χ0v) is 21.2. The summed E-state index contributed by atoms with van der Waals surface area (Å²) in [4.78, 5) is 9.23. The van der Waals surface area contributed by atoms with Gasteiger partial charge in [0.1, 0.15) is 4.90 Å². The molecule has 3 aromatic carbocycles. The van der Waals surface area contributed by atoms with Gasteiger partial charge in [0.15, 0.2) is 0 Å². The molecular weight excluding hydrogens is 468 g/mol. The molecule has 1 aliphatic rings. The monoisotopic (exact) mass is 498 g/mol. The van der Waals surface area contributed by atoms with Crippen LogP contribution in [0.15, 0.2) is 96.5 Å². The van der Waals surface area contributed by atoms with E-state index in [1.54, 1.807) is 24.4 Å². The van der Waals surface area contributed by atoms with E-state index in [2.05, 4.69) is 50.4 Å². The Morgan fingerprint density at radius 3 is 2.44 bits per heavy atom. The molecule has 1 aliphatic heterocycles. The largest absolute Gasteiger partial charge is 0.369 e. The van der Waals surface area contributed by atoms with Gasteiger partial charge in [-0.1, -0.05) is 61.2 Å². The molecule has 5 rings (SSSR count). The highest BCUT2D eigenvalue weighted by atomic mass is 32.2. The maximum absolute atomic E-state index is 13.2. The van der Waals surface area contributed by atoms with Crippen LogP contribution in [0.4, 0.5) is 5.69 Å². The zero-order valence-electron chi connectivity index (χ0n) is 20.4. The summed E-state index contributed by atoms with van der Waals surface area (Å²) in [5.74, 6) is 0. The third kappa shape index (κ3) is 5.12. The number of fused-ring (bicyclic) bond motifs is 1. The molecule has 7 heteroatoms. The van der Waals surface area contributed by atoms with Crippen molar-refractivity contribution < 1.29 is 8.42 Å². The molecule has 1 aromatic heterocycles. The summed E-state index contributed by atoms with van der Waals surface area (Å²) < 4.78 is 29.2. The first kappa shape index (κ1) is 24.0. The number of hydrogen-bond donors (Lipinski definition) is 1. The Hall–Kier alpha value is -3.68. The van der Waals surface area contributed by atoms with Gasteiger partial charge < -0.3 is 4.90 Å². The minimum absolute atomic E-state index is 0.168. The number of pyridine rings is 1. The molecule has 0 radical (unpaired) electrons. The predicted octanol–water partition coefficient (Wildman–Crippen LogP) is 5.13. The molecule has 0 saturated carbocycles. The van der Waals surface area contributed by atoms with E-state index in [-0.39, 0.29) is 4.90 Å². The highest BCUT2D eigenvalue weighted by Gasteiger charge is 2.21. The SMILES string of the molecule is C=C(c1ccc(NS(=O)(=O)c2cccc3cccnc23)c(C)c1)N1CCN(Cc2ccccc2)CC1. The molecule has 1 N–H and O–H groups in total. The van der Waals surface area contributed by atoms with Crippen molar-refractivity contribution in [3.8, 4) is 0 Å². The fourth-order valence-electron chi connectivity index (χ4n) is 4.65. The minimum atomic E-state index is -3.80. The topological polar surface area (TPSA) is 65.5 Å². The van der Waals surface area contributed by atoms with E-state index < -0.39 is 10.0 Å². The van der Waals surface area contributed by atoms with Crippen molar-refractivity contribution in [2.45, 2.75) is 18.4 Å². The van der Waals surface area contributed by atoms with Crippen molar-refractivity contribution in [3.63, 3.8) is 0 Å². The number of aryl methyl sites for hydroxylation is 1. The average molecular weight is 499 g/mol. The number of anilines is 1. The number of hydrogen-bond acceptors (Lipinski definition) is 5. The molecule has 1 fully saturated rings. The number of aromatic nitrogens is 1. The molecular formula is C29H30N4O2S. The summed E-state index contributed by atoms with van der Waals surface area (Å²) in [5.41, 5.74) is 5.14. The predicted molar refractivity (Wildman–Crippen MR) is 146 cm³/mol. The van der Waals surface area contributed by atoms with Crippen molar-refractivity contribution in [1.29, 1.82) is 0 Å². The number of sulfonamides is 1. The summed E-state index contributed by atoms with van der Waals surface area (Å²) in [7, 11) is -3.80. The van der Waals surface area contributed by atoms with Crippen LogP contribution in [0.2, 0.25) is 0 Å². The number of rotatable bonds is 7. The van der Waals surface area contributed by atoms with E-state index in [0.29, 0.717) is 11.2 Å². The van der Waals surface area contributed by atoms with Gasteiger partial charge in [0.05, 0.1) is 11.2 Å². The first-order valence-corrected chi connectivity index (χ1v) is 13.6. The molecule has 0 spiro atoms. The standard InChI is InChI=1S/C29H30N4O2S/c1-22-20-26(23(2)33-18-16-32(17-19-33)21-24-8-4-3-5-9-24)13-14-27(22)31-36(34,35)28-12-6-10-25-11-7-15-30-29(25)28/h3-15,20,31H,2,16-19,21H2,1H3. The molecule has 6 nitrogen and oxygen atoms in total. The van der Waals surface area contributed by atoms with Crippen LogP contribution in [0, 0.1) is 6.92 Å². The quantitative estimate of drug-likeness (QED) is 0.383. The minimum Gasteiger partial charge on any atom is -0.369 e. The molecule has 184 valence electrons. The number of piperazine rings is 1. The van der Waals surface area contributed by atoms with Crippen molar-refractivity contribution in [3.05, 3.63) is 108 Å². The Kier molecular flexibility index (Phi) is 6.76. The summed E-state index contributed by atoms with van der Waals surface area (Å²) in [5, 5.41) is 0.785. The van der Waals surface area contributed by atoms with Crippen molar-refractivity contribution in [2.24, 2.45) is 0 Å². The number of para-hydroxylation sites is 1. The third-order valence-corrected chi connectivity index (χ3v) is 8.09. The lowest BCUT2D eigenvalue weighted by Gasteiger charge is -2.37. The molecule has 0 bridgehead atoms. The zero-order chi connectivity index (χ0) is 25.1. The summed E-state index contributed by atoms with van der Waals surface area (Å²) in [6.45, 7) is 11.0.